The average molecular weight is 278 g/mol. The quantitative estimate of drug-likeness (QED) is 0.833. The summed E-state index contributed by atoms with van der Waals surface area (Å²) in [5, 5.41) is 9.54. The van der Waals surface area contributed by atoms with Crippen LogP contribution in [-0.2, 0) is 6.54 Å². The first-order valence-electron chi connectivity index (χ1n) is 6.54. The van der Waals surface area contributed by atoms with Crippen LogP contribution in [0.1, 0.15) is 25.0 Å². The topological polar surface area (TPSA) is 30.3 Å². The van der Waals surface area contributed by atoms with E-state index in [1.54, 1.807) is 6.07 Å². The maximum atomic E-state index is 8.85. The Labute approximate surface area is 120 Å². The van der Waals surface area contributed by atoms with Gasteiger partial charge in [-0.05, 0) is 38.6 Å². The highest BCUT2D eigenvalue weighted by atomic mass is 35.5. The van der Waals surface area contributed by atoms with Crippen LogP contribution in [0.25, 0.3) is 0 Å². The molecule has 2 rings (SSSR count). The molecule has 1 aliphatic heterocycles. The van der Waals surface area contributed by atoms with E-state index in [9.17, 15) is 0 Å². The molecule has 0 aliphatic carbocycles. The molecule has 0 radical (unpaired) electrons. The van der Waals surface area contributed by atoms with Gasteiger partial charge in [0.2, 0.25) is 0 Å². The van der Waals surface area contributed by atoms with Crippen LogP contribution in [0.2, 0.25) is 5.02 Å². The number of piperazine rings is 1. The fourth-order valence-electron chi connectivity index (χ4n) is 2.46. The van der Waals surface area contributed by atoms with Crippen molar-refractivity contribution in [1.82, 2.24) is 9.80 Å². The summed E-state index contributed by atoms with van der Waals surface area (Å²) in [7, 11) is 2.17. The molecule has 0 aromatic heterocycles. The molecule has 1 aromatic rings. The predicted molar refractivity (Wildman–Crippen MR) is 78.2 cm³/mol. The SMILES string of the molecule is CN1CCN(Cc2ccc(C#N)cc2Cl)CC1(C)C. The minimum Gasteiger partial charge on any atom is -0.299 e. The molecule has 1 aliphatic rings. The summed E-state index contributed by atoms with van der Waals surface area (Å²) in [6, 6.07) is 7.66. The van der Waals surface area contributed by atoms with E-state index in [4.69, 9.17) is 16.9 Å². The molecule has 3 nitrogen and oxygen atoms in total. The fraction of sp³-hybridized carbons (Fsp3) is 0.533. The van der Waals surface area contributed by atoms with Crippen LogP contribution in [0.4, 0.5) is 0 Å². The maximum absolute atomic E-state index is 8.85. The predicted octanol–water partition coefficient (Wildman–Crippen LogP) is 2.74. The molecule has 0 bridgehead atoms. The van der Waals surface area contributed by atoms with E-state index in [-0.39, 0.29) is 5.54 Å². The van der Waals surface area contributed by atoms with Crippen molar-refractivity contribution in [3.8, 4) is 6.07 Å². The highest BCUT2D eigenvalue weighted by Gasteiger charge is 2.30. The molecule has 102 valence electrons. The van der Waals surface area contributed by atoms with Gasteiger partial charge in [-0.25, -0.2) is 0 Å². The van der Waals surface area contributed by atoms with Crippen molar-refractivity contribution in [3.63, 3.8) is 0 Å². The number of rotatable bonds is 2. The normalized spacial score (nSPS) is 20.2. The third kappa shape index (κ3) is 3.27. The van der Waals surface area contributed by atoms with Crippen LogP contribution >= 0.6 is 11.6 Å². The van der Waals surface area contributed by atoms with Gasteiger partial charge in [0.05, 0.1) is 11.6 Å². The van der Waals surface area contributed by atoms with Crippen molar-refractivity contribution >= 4 is 11.6 Å². The second-order valence-electron chi connectivity index (χ2n) is 5.86. The molecule has 1 saturated heterocycles. The third-order valence-corrected chi connectivity index (χ3v) is 4.32. The lowest BCUT2D eigenvalue weighted by atomic mass is 9.99. The summed E-state index contributed by atoms with van der Waals surface area (Å²) in [6.45, 7) is 8.53. The van der Waals surface area contributed by atoms with Crippen molar-refractivity contribution < 1.29 is 0 Å². The highest BCUT2D eigenvalue weighted by molar-refractivity contribution is 6.31. The molecule has 1 aromatic carbocycles. The molecule has 0 saturated carbocycles. The zero-order valence-corrected chi connectivity index (χ0v) is 12.5. The number of benzene rings is 1. The van der Waals surface area contributed by atoms with Gasteiger partial charge in [-0.3, -0.25) is 9.80 Å². The van der Waals surface area contributed by atoms with Crippen molar-refractivity contribution in [2.24, 2.45) is 0 Å². The van der Waals surface area contributed by atoms with Gasteiger partial charge in [-0.2, -0.15) is 5.26 Å². The van der Waals surface area contributed by atoms with Gasteiger partial charge in [-0.1, -0.05) is 17.7 Å². The van der Waals surface area contributed by atoms with Crippen LogP contribution < -0.4 is 0 Å². The zero-order valence-electron chi connectivity index (χ0n) is 11.8. The van der Waals surface area contributed by atoms with Gasteiger partial charge in [0.15, 0.2) is 0 Å². The van der Waals surface area contributed by atoms with Crippen LogP contribution in [0.15, 0.2) is 18.2 Å². The number of likely N-dealkylation sites (N-methyl/N-ethyl adjacent to an activating group) is 1. The van der Waals surface area contributed by atoms with Crippen molar-refractivity contribution in [2.45, 2.75) is 25.9 Å². The average Bonchev–Trinajstić information content (AvgIpc) is 2.36. The number of nitriles is 1. The Morgan fingerprint density at radius 3 is 2.68 bits per heavy atom. The van der Waals surface area contributed by atoms with Gasteiger partial charge in [0, 0.05) is 36.7 Å². The monoisotopic (exact) mass is 277 g/mol. The van der Waals surface area contributed by atoms with Gasteiger partial charge in [-0.15, -0.1) is 0 Å². The van der Waals surface area contributed by atoms with Crippen molar-refractivity contribution in [2.75, 3.05) is 26.7 Å². The zero-order chi connectivity index (χ0) is 14.0. The lowest BCUT2D eigenvalue weighted by Crippen LogP contribution is -2.57. The van der Waals surface area contributed by atoms with Gasteiger partial charge in [0.25, 0.3) is 0 Å². The summed E-state index contributed by atoms with van der Waals surface area (Å²) in [5.41, 5.74) is 1.91. The Morgan fingerprint density at radius 2 is 2.11 bits per heavy atom. The Balaban J connectivity index is 2.08. The molecule has 0 spiro atoms. The summed E-state index contributed by atoms with van der Waals surface area (Å²) < 4.78 is 0. The standard InChI is InChI=1S/C15H20ClN3/c1-15(2)11-19(7-6-18(15)3)10-13-5-4-12(9-17)8-14(13)16/h4-5,8H,6-7,10-11H2,1-3H3. The second kappa shape index (κ2) is 5.50. The van der Waals surface area contributed by atoms with E-state index in [1.165, 1.54) is 0 Å². The van der Waals surface area contributed by atoms with E-state index in [1.807, 2.05) is 12.1 Å². The first kappa shape index (κ1) is 14.3. The molecule has 0 atom stereocenters. The summed E-state index contributed by atoms with van der Waals surface area (Å²) in [4.78, 5) is 4.82. The van der Waals surface area contributed by atoms with Crippen molar-refractivity contribution in [3.05, 3.63) is 34.3 Å². The Kier molecular flexibility index (Phi) is 4.15. The Hall–Kier alpha value is -1.08. The molecule has 0 amide bonds. The first-order valence-corrected chi connectivity index (χ1v) is 6.92. The number of halogens is 1. The van der Waals surface area contributed by atoms with Crippen LogP contribution in [-0.4, -0.2) is 42.0 Å². The van der Waals surface area contributed by atoms with E-state index in [0.29, 0.717) is 10.6 Å². The van der Waals surface area contributed by atoms with Gasteiger partial charge in [0.1, 0.15) is 0 Å². The fourth-order valence-corrected chi connectivity index (χ4v) is 2.70. The summed E-state index contributed by atoms with van der Waals surface area (Å²) in [5.74, 6) is 0. The van der Waals surface area contributed by atoms with Crippen molar-refractivity contribution in [1.29, 1.82) is 5.26 Å². The molecule has 1 fully saturated rings. The van der Waals surface area contributed by atoms with Crippen LogP contribution in [0.5, 0.6) is 0 Å². The lowest BCUT2D eigenvalue weighted by molar-refractivity contribution is 0.0360. The summed E-state index contributed by atoms with van der Waals surface area (Å²) >= 11 is 6.24. The van der Waals surface area contributed by atoms with Crippen LogP contribution in [0, 0.1) is 11.3 Å². The Morgan fingerprint density at radius 1 is 1.37 bits per heavy atom. The number of hydrogen-bond donors (Lipinski definition) is 0. The largest absolute Gasteiger partial charge is 0.299 e. The molecular formula is C15H20ClN3. The van der Waals surface area contributed by atoms with Gasteiger partial charge >= 0.3 is 0 Å². The maximum Gasteiger partial charge on any atom is 0.0992 e. The molecule has 1 heterocycles. The molecule has 4 heteroatoms. The number of nitrogens with zero attached hydrogens (tertiary/aromatic N) is 3. The molecule has 0 unspecified atom stereocenters. The minimum absolute atomic E-state index is 0.192. The Bertz CT molecular complexity index is 505. The lowest BCUT2D eigenvalue weighted by Gasteiger charge is -2.45. The third-order valence-electron chi connectivity index (χ3n) is 3.97. The molecular weight excluding hydrogens is 258 g/mol. The smallest absolute Gasteiger partial charge is 0.0992 e. The minimum atomic E-state index is 0.192. The van der Waals surface area contributed by atoms with E-state index in [0.717, 1.165) is 31.7 Å². The molecule has 0 N–H and O–H groups in total. The summed E-state index contributed by atoms with van der Waals surface area (Å²) in [6.07, 6.45) is 0. The molecule has 19 heavy (non-hydrogen) atoms. The van der Waals surface area contributed by atoms with Gasteiger partial charge < -0.3 is 0 Å². The van der Waals surface area contributed by atoms with Crippen LogP contribution in [0.3, 0.4) is 0 Å². The van der Waals surface area contributed by atoms with E-state index in [2.05, 4.69) is 36.8 Å². The highest BCUT2D eigenvalue weighted by Crippen LogP contribution is 2.24. The second-order valence-corrected chi connectivity index (χ2v) is 6.27. The number of hydrogen-bond acceptors (Lipinski definition) is 3. The van der Waals surface area contributed by atoms with E-state index < -0.39 is 0 Å². The first-order chi connectivity index (χ1) is 8.92. The van der Waals surface area contributed by atoms with E-state index >= 15 is 0 Å².